The van der Waals surface area contributed by atoms with Crippen molar-refractivity contribution in [2.75, 3.05) is 11.9 Å². The van der Waals surface area contributed by atoms with E-state index in [1.54, 1.807) is 12.1 Å². The Hall–Kier alpha value is -1.56. The molecule has 0 aliphatic rings. The van der Waals surface area contributed by atoms with Crippen LogP contribution < -0.4 is 10.1 Å². The molecular weight excluding hydrogens is 401 g/mol. The van der Waals surface area contributed by atoms with Gasteiger partial charge in [0, 0.05) is 14.8 Å². The molecule has 23 heavy (non-hydrogen) atoms. The standard InChI is InChI=1S/C19H22INO2/c1-3-5-11-23-17-8-6-7-15(13-17)19(22)21-18-10-9-16(20)12-14(18)4-2/h6-10,12-13H,3-5,11H2,1-2H3,(H,21,22). The number of nitrogens with one attached hydrogen (secondary N) is 1. The number of ether oxygens (including phenoxy) is 1. The molecule has 2 aromatic carbocycles. The number of amides is 1. The molecule has 0 aromatic heterocycles. The molecule has 0 unspecified atom stereocenters. The molecular formula is C19H22INO2. The number of rotatable bonds is 7. The summed E-state index contributed by atoms with van der Waals surface area (Å²) in [5.74, 6) is 0.631. The first kappa shape index (κ1) is 17.8. The van der Waals surface area contributed by atoms with E-state index in [0.29, 0.717) is 12.2 Å². The van der Waals surface area contributed by atoms with Crippen LogP contribution in [-0.2, 0) is 6.42 Å². The van der Waals surface area contributed by atoms with Gasteiger partial charge < -0.3 is 10.1 Å². The van der Waals surface area contributed by atoms with E-state index in [4.69, 9.17) is 4.74 Å². The van der Waals surface area contributed by atoms with Crippen molar-refractivity contribution >= 4 is 34.2 Å². The van der Waals surface area contributed by atoms with Gasteiger partial charge in [0.25, 0.3) is 5.91 Å². The van der Waals surface area contributed by atoms with E-state index in [1.807, 2.05) is 24.3 Å². The molecule has 0 bridgehead atoms. The quantitative estimate of drug-likeness (QED) is 0.486. The van der Waals surface area contributed by atoms with Crippen molar-refractivity contribution < 1.29 is 9.53 Å². The van der Waals surface area contributed by atoms with Crippen LogP contribution in [-0.4, -0.2) is 12.5 Å². The topological polar surface area (TPSA) is 38.3 Å². The third-order valence-corrected chi connectivity index (χ3v) is 4.23. The Balaban J connectivity index is 2.10. The average molecular weight is 423 g/mol. The lowest BCUT2D eigenvalue weighted by molar-refractivity contribution is 0.102. The van der Waals surface area contributed by atoms with Crippen LogP contribution in [0.25, 0.3) is 0 Å². The van der Waals surface area contributed by atoms with Crippen LogP contribution >= 0.6 is 22.6 Å². The van der Waals surface area contributed by atoms with Gasteiger partial charge >= 0.3 is 0 Å². The van der Waals surface area contributed by atoms with E-state index in [9.17, 15) is 4.79 Å². The summed E-state index contributed by atoms with van der Waals surface area (Å²) < 4.78 is 6.84. The molecule has 4 heteroatoms. The van der Waals surface area contributed by atoms with Gasteiger partial charge in [0.2, 0.25) is 0 Å². The molecule has 0 aliphatic carbocycles. The van der Waals surface area contributed by atoms with Crippen LogP contribution in [0.15, 0.2) is 42.5 Å². The number of hydrogen-bond acceptors (Lipinski definition) is 2. The van der Waals surface area contributed by atoms with Gasteiger partial charge in [-0.05, 0) is 77.4 Å². The maximum atomic E-state index is 12.5. The van der Waals surface area contributed by atoms with Crippen LogP contribution in [0.2, 0.25) is 0 Å². The van der Waals surface area contributed by atoms with Gasteiger partial charge in [0.15, 0.2) is 0 Å². The Morgan fingerprint density at radius 1 is 1.17 bits per heavy atom. The number of carbonyl (C=O) groups is 1. The summed E-state index contributed by atoms with van der Waals surface area (Å²) in [6.45, 7) is 4.89. The summed E-state index contributed by atoms with van der Waals surface area (Å²) in [6.07, 6.45) is 2.98. The van der Waals surface area contributed by atoms with Gasteiger partial charge in [-0.1, -0.05) is 26.3 Å². The molecule has 0 saturated heterocycles. The van der Waals surface area contributed by atoms with Crippen molar-refractivity contribution in [3.05, 3.63) is 57.2 Å². The fraction of sp³-hybridized carbons (Fsp3) is 0.316. The van der Waals surface area contributed by atoms with Crippen LogP contribution in [0.3, 0.4) is 0 Å². The second-order valence-corrected chi connectivity index (χ2v) is 6.58. The molecule has 1 N–H and O–H groups in total. The summed E-state index contributed by atoms with van der Waals surface area (Å²) >= 11 is 2.28. The van der Waals surface area contributed by atoms with Crippen molar-refractivity contribution in [3.8, 4) is 5.75 Å². The highest BCUT2D eigenvalue weighted by Crippen LogP contribution is 2.21. The predicted molar refractivity (Wildman–Crippen MR) is 103 cm³/mol. The van der Waals surface area contributed by atoms with Gasteiger partial charge in [-0.3, -0.25) is 4.79 Å². The maximum Gasteiger partial charge on any atom is 0.255 e. The first-order valence-corrected chi connectivity index (χ1v) is 9.04. The zero-order valence-corrected chi connectivity index (χ0v) is 15.7. The van der Waals surface area contributed by atoms with Gasteiger partial charge in [0.05, 0.1) is 6.61 Å². The Kier molecular flexibility index (Phi) is 6.89. The highest BCUT2D eigenvalue weighted by atomic mass is 127. The highest BCUT2D eigenvalue weighted by molar-refractivity contribution is 14.1. The van der Waals surface area contributed by atoms with Gasteiger partial charge in [-0.2, -0.15) is 0 Å². The Bertz CT molecular complexity index is 670. The number of carbonyl (C=O) groups excluding carboxylic acids is 1. The molecule has 2 rings (SSSR count). The third kappa shape index (κ3) is 5.23. The first-order chi connectivity index (χ1) is 11.1. The van der Waals surface area contributed by atoms with E-state index >= 15 is 0 Å². The summed E-state index contributed by atoms with van der Waals surface area (Å²) in [5, 5.41) is 3.00. The predicted octanol–water partition coefficient (Wildman–Crippen LogP) is 5.28. The lowest BCUT2D eigenvalue weighted by atomic mass is 10.1. The molecule has 122 valence electrons. The van der Waals surface area contributed by atoms with Gasteiger partial charge in [-0.25, -0.2) is 0 Å². The zero-order valence-electron chi connectivity index (χ0n) is 13.6. The second kappa shape index (κ2) is 8.91. The highest BCUT2D eigenvalue weighted by Gasteiger charge is 2.10. The molecule has 1 amide bonds. The lowest BCUT2D eigenvalue weighted by Crippen LogP contribution is -2.13. The number of halogens is 1. The van der Waals surface area contributed by atoms with Crippen molar-refractivity contribution in [2.24, 2.45) is 0 Å². The number of hydrogen-bond donors (Lipinski definition) is 1. The van der Waals surface area contributed by atoms with Crippen LogP contribution in [0.1, 0.15) is 42.6 Å². The fourth-order valence-corrected chi connectivity index (χ4v) is 2.79. The van der Waals surface area contributed by atoms with Crippen molar-refractivity contribution in [1.82, 2.24) is 0 Å². The Morgan fingerprint density at radius 3 is 2.74 bits per heavy atom. The SMILES string of the molecule is CCCCOc1cccc(C(=O)Nc2ccc(I)cc2CC)c1. The average Bonchev–Trinajstić information content (AvgIpc) is 2.57. The third-order valence-electron chi connectivity index (χ3n) is 3.56. The van der Waals surface area contributed by atoms with E-state index in [2.05, 4.69) is 47.8 Å². The minimum Gasteiger partial charge on any atom is -0.494 e. The largest absolute Gasteiger partial charge is 0.494 e. The summed E-state index contributed by atoms with van der Waals surface area (Å²) in [6, 6.07) is 13.4. The molecule has 3 nitrogen and oxygen atoms in total. The monoisotopic (exact) mass is 423 g/mol. The van der Waals surface area contributed by atoms with Crippen molar-refractivity contribution in [2.45, 2.75) is 33.1 Å². The van der Waals surface area contributed by atoms with E-state index < -0.39 is 0 Å². The smallest absolute Gasteiger partial charge is 0.255 e. The maximum absolute atomic E-state index is 12.5. The number of unbranched alkanes of at least 4 members (excludes halogenated alkanes) is 1. The van der Waals surface area contributed by atoms with Crippen LogP contribution in [0.5, 0.6) is 5.75 Å². The van der Waals surface area contributed by atoms with E-state index in [0.717, 1.165) is 36.3 Å². The molecule has 0 saturated carbocycles. The van der Waals surface area contributed by atoms with Crippen molar-refractivity contribution in [3.63, 3.8) is 0 Å². The molecule has 0 atom stereocenters. The minimum absolute atomic E-state index is 0.109. The minimum atomic E-state index is -0.109. The van der Waals surface area contributed by atoms with Crippen molar-refractivity contribution in [1.29, 1.82) is 0 Å². The molecule has 2 aromatic rings. The van der Waals surface area contributed by atoms with E-state index in [-0.39, 0.29) is 5.91 Å². The van der Waals surface area contributed by atoms with Crippen LogP contribution in [0.4, 0.5) is 5.69 Å². The summed E-state index contributed by atoms with van der Waals surface area (Å²) in [7, 11) is 0. The Morgan fingerprint density at radius 2 is 2.00 bits per heavy atom. The lowest BCUT2D eigenvalue weighted by Gasteiger charge is -2.11. The molecule has 0 aliphatic heterocycles. The Labute approximate surface area is 151 Å². The zero-order chi connectivity index (χ0) is 16.7. The number of benzene rings is 2. The first-order valence-electron chi connectivity index (χ1n) is 7.96. The number of anilines is 1. The van der Waals surface area contributed by atoms with E-state index in [1.165, 1.54) is 3.57 Å². The molecule has 0 spiro atoms. The normalized spacial score (nSPS) is 10.4. The van der Waals surface area contributed by atoms with Gasteiger partial charge in [0.1, 0.15) is 5.75 Å². The number of aryl methyl sites for hydroxylation is 1. The van der Waals surface area contributed by atoms with Gasteiger partial charge in [-0.15, -0.1) is 0 Å². The molecule has 0 heterocycles. The fourth-order valence-electron chi connectivity index (χ4n) is 2.23. The molecule has 0 radical (unpaired) electrons. The van der Waals surface area contributed by atoms with Crippen LogP contribution in [0, 0.1) is 3.57 Å². The summed E-state index contributed by atoms with van der Waals surface area (Å²) in [4.78, 5) is 12.5. The second-order valence-electron chi connectivity index (χ2n) is 5.34. The molecule has 0 fully saturated rings. The summed E-state index contributed by atoms with van der Waals surface area (Å²) in [5.41, 5.74) is 2.62.